The lowest BCUT2D eigenvalue weighted by Crippen LogP contribution is -2.25. The van der Waals surface area contributed by atoms with E-state index in [1.807, 2.05) is 11.8 Å². The fourth-order valence-electron chi connectivity index (χ4n) is 2.98. The van der Waals surface area contributed by atoms with Crippen molar-refractivity contribution >= 4 is 11.8 Å². The van der Waals surface area contributed by atoms with Crippen molar-refractivity contribution in [2.75, 3.05) is 6.26 Å². The number of aromatic nitrogens is 3. The van der Waals surface area contributed by atoms with Crippen LogP contribution in [0.4, 0.5) is 0 Å². The first-order chi connectivity index (χ1) is 9.35. The molecule has 1 aliphatic rings. The molecule has 0 bridgehead atoms. The minimum atomic E-state index is 0.570. The number of hydrogen-bond donors (Lipinski definition) is 0. The topological polar surface area (TPSA) is 30.7 Å². The maximum absolute atomic E-state index is 4.39. The van der Waals surface area contributed by atoms with Crippen LogP contribution in [0.3, 0.4) is 0 Å². The molecule has 108 valence electrons. The Bertz CT molecular complexity index is 364. The molecule has 0 radical (unpaired) electrons. The van der Waals surface area contributed by atoms with Gasteiger partial charge in [0.2, 0.25) is 0 Å². The van der Waals surface area contributed by atoms with Crippen LogP contribution in [0, 0.1) is 0 Å². The van der Waals surface area contributed by atoms with Crippen molar-refractivity contribution in [2.24, 2.45) is 0 Å². The van der Waals surface area contributed by atoms with Crippen LogP contribution in [0.25, 0.3) is 0 Å². The molecule has 2 atom stereocenters. The lowest BCUT2D eigenvalue weighted by Gasteiger charge is -2.29. The van der Waals surface area contributed by atoms with Crippen LogP contribution in [0.1, 0.15) is 70.0 Å². The molecule has 1 aliphatic carbocycles. The Kier molecular flexibility index (Phi) is 6.21. The van der Waals surface area contributed by atoms with Gasteiger partial charge in [-0.3, -0.25) is 0 Å². The van der Waals surface area contributed by atoms with Gasteiger partial charge in [0.1, 0.15) is 0 Å². The fourth-order valence-corrected chi connectivity index (χ4v) is 3.96. The Hall–Kier alpha value is -0.510. The van der Waals surface area contributed by atoms with E-state index in [-0.39, 0.29) is 0 Å². The molecule has 1 aromatic rings. The van der Waals surface area contributed by atoms with Crippen LogP contribution in [-0.2, 0) is 6.42 Å². The summed E-state index contributed by atoms with van der Waals surface area (Å²) in [6.07, 6.45) is 16.0. The lowest BCUT2D eigenvalue weighted by atomic mass is 9.95. The number of hydrogen-bond acceptors (Lipinski definition) is 3. The van der Waals surface area contributed by atoms with Gasteiger partial charge in [-0.25, -0.2) is 4.68 Å². The number of nitrogens with zero attached hydrogens (tertiary/aromatic N) is 3. The monoisotopic (exact) mass is 281 g/mol. The van der Waals surface area contributed by atoms with Gasteiger partial charge in [-0.1, -0.05) is 44.2 Å². The Morgan fingerprint density at radius 3 is 2.89 bits per heavy atom. The van der Waals surface area contributed by atoms with E-state index >= 15 is 0 Å². The zero-order valence-corrected chi connectivity index (χ0v) is 13.2. The maximum Gasteiger partial charge on any atom is 0.0827 e. The van der Waals surface area contributed by atoms with Gasteiger partial charge < -0.3 is 0 Å². The Morgan fingerprint density at radius 2 is 2.11 bits per heavy atom. The van der Waals surface area contributed by atoms with E-state index < -0.39 is 0 Å². The summed E-state index contributed by atoms with van der Waals surface area (Å²) in [5, 5.41) is 9.48. The highest BCUT2D eigenvalue weighted by Gasteiger charge is 2.26. The van der Waals surface area contributed by atoms with Crippen LogP contribution in [0.5, 0.6) is 0 Å². The van der Waals surface area contributed by atoms with Gasteiger partial charge in [-0.15, -0.1) is 5.10 Å². The molecule has 4 heteroatoms. The number of aryl methyl sites for hydroxylation is 1. The van der Waals surface area contributed by atoms with Crippen molar-refractivity contribution < 1.29 is 0 Å². The molecule has 3 nitrogen and oxygen atoms in total. The first-order valence-electron chi connectivity index (χ1n) is 7.78. The molecule has 1 heterocycles. The molecule has 0 spiro atoms. The summed E-state index contributed by atoms with van der Waals surface area (Å²) in [6, 6.07) is 0.570. The van der Waals surface area contributed by atoms with Crippen molar-refractivity contribution in [3.8, 4) is 0 Å². The molecule has 0 amide bonds. The molecular weight excluding hydrogens is 254 g/mol. The van der Waals surface area contributed by atoms with Gasteiger partial charge >= 0.3 is 0 Å². The van der Waals surface area contributed by atoms with E-state index in [2.05, 4.69) is 34.4 Å². The highest BCUT2D eigenvalue weighted by atomic mass is 32.2. The van der Waals surface area contributed by atoms with E-state index in [9.17, 15) is 0 Å². The van der Waals surface area contributed by atoms with Crippen molar-refractivity contribution in [1.29, 1.82) is 0 Å². The van der Waals surface area contributed by atoms with Gasteiger partial charge in [0.15, 0.2) is 0 Å². The smallest absolute Gasteiger partial charge is 0.0827 e. The third-order valence-corrected chi connectivity index (χ3v) is 5.31. The first-order valence-corrected chi connectivity index (χ1v) is 9.07. The molecule has 0 aromatic carbocycles. The summed E-state index contributed by atoms with van der Waals surface area (Å²) >= 11 is 1.99. The van der Waals surface area contributed by atoms with E-state index in [0.717, 1.165) is 11.7 Å². The van der Waals surface area contributed by atoms with Gasteiger partial charge in [0.05, 0.1) is 11.7 Å². The summed E-state index contributed by atoms with van der Waals surface area (Å²) in [6.45, 7) is 2.25. The minimum absolute atomic E-state index is 0.570. The second-order valence-corrected chi connectivity index (χ2v) is 6.70. The fraction of sp³-hybridized carbons (Fsp3) is 0.867. The molecule has 0 saturated heterocycles. The Morgan fingerprint density at radius 1 is 1.26 bits per heavy atom. The largest absolute Gasteiger partial charge is 0.248 e. The summed E-state index contributed by atoms with van der Waals surface area (Å²) in [4.78, 5) is 0. The maximum atomic E-state index is 4.39. The molecule has 0 aliphatic heterocycles. The normalized spacial score (nSPS) is 23.7. The quantitative estimate of drug-likeness (QED) is 0.700. The summed E-state index contributed by atoms with van der Waals surface area (Å²) in [5.41, 5.74) is 1.18. The minimum Gasteiger partial charge on any atom is -0.248 e. The van der Waals surface area contributed by atoms with Crippen LogP contribution in [-0.4, -0.2) is 26.5 Å². The highest BCUT2D eigenvalue weighted by molar-refractivity contribution is 7.99. The predicted octanol–water partition coefficient (Wildman–Crippen LogP) is 4.25. The summed E-state index contributed by atoms with van der Waals surface area (Å²) < 4.78 is 2.15. The lowest BCUT2D eigenvalue weighted by molar-refractivity contribution is 0.334. The van der Waals surface area contributed by atoms with Gasteiger partial charge in [-0.2, -0.15) is 11.8 Å². The Balaban J connectivity index is 1.88. The third kappa shape index (κ3) is 4.23. The average Bonchev–Trinajstić information content (AvgIpc) is 2.92. The van der Waals surface area contributed by atoms with Crippen LogP contribution in [0.15, 0.2) is 6.20 Å². The second-order valence-electron chi connectivity index (χ2n) is 5.63. The number of thioether (sulfide) groups is 1. The van der Waals surface area contributed by atoms with Crippen molar-refractivity contribution in [2.45, 2.75) is 76.0 Å². The Labute approximate surface area is 121 Å². The van der Waals surface area contributed by atoms with E-state index in [0.29, 0.717) is 6.04 Å². The predicted molar refractivity (Wildman–Crippen MR) is 82.7 cm³/mol. The molecule has 19 heavy (non-hydrogen) atoms. The molecule has 1 aromatic heterocycles. The molecule has 2 rings (SSSR count). The molecule has 1 fully saturated rings. The van der Waals surface area contributed by atoms with Crippen LogP contribution < -0.4 is 0 Å². The van der Waals surface area contributed by atoms with E-state index in [1.165, 1.54) is 57.1 Å². The van der Waals surface area contributed by atoms with Crippen LogP contribution in [0.2, 0.25) is 0 Å². The zero-order valence-electron chi connectivity index (χ0n) is 12.3. The van der Waals surface area contributed by atoms with E-state index in [1.54, 1.807) is 0 Å². The third-order valence-electron chi connectivity index (χ3n) is 4.15. The number of unbranched alkanes of at least 4 members (excludes halogenated alkanes) is 3. The molecule has 0 unspecified atom stereocenters. The molecule has 1 saturated carbocycles. The summed E-state index contributed by atoms with van der Waals surface area (Å²) in [7, 11) is 0. The second kappa shape index (κ2) is 7.93. The highest BCUT2D eigenvalue weighted by Crippen LogP contribution is 2.35. The molecule has 0 N–H and O–H groups in total. The van der Waals surface area contributed by atoms with Gasteiger partial charge in [0, 0.05) is 11.4 Å². The van der Waals surface area contributed by atoms with E-state index in [4.69, 9.17) is 0 Å². The SMILES string of the molecule is CCCCCCc1cn([C@@H]2CCCC[C@H]2SC)nn1. The van der Waals surface area contributed by atoms with Crippen molar-refractivity contribution in [1.82, 2.24) is 15.0 Å². The van der Waals surface area contributed by atoms with Gasteiger partial charge in [-0.05, 0) is 31.9 Å². The first kappa shape index (κ1) is 14.9. The van der Waals surface area contributed by atoms with Crippen LogP contribution >= 0.6 is 11.8 Å². The van der Waals surface area contributed by atoms with Crippen molar-refractivity contribution in [3.05, 3.63) is 11.9 Å². The standard InChI is InChI=1S/C15H27N3S/c1-3-4-5-6-9-13-12-18(17-16-13)14-10-7-8-11-15(14)19-2/h12,14-15H,3-11H2,1-2H3/t14-,15-/m1/s1. The van der Waals surface area contributed by atoms with Crippen molar-refractivity contribution in [3.63, 3.8) is 0 Å². The number of rotatable bonds is 7. The van der Waals surface area contributed by atoms with Gasteiger partial charge in [0.25, 0.3) is 0 Å². The zero-order chi connectivity index (χ0) is 13.5. The summed E-state index contributed by atoms with van der Waals surface area (Å²) in [5.74, 6) is 0. The average molecular weight is 281 g/mol. The molecular formula is C15H27N3S.